The molecule has 0 radical (unpaired) electrons. The maximum Gasteiger partial charge on any atom is 0.224 e. The first-order valence-electron chi connectivity index (χ1n) is 9.85. The Hall–Kier alpha value is -2.47. The van der Waals surface area contributed by atoms with Crippen LogP contribution in [0, 0.1) is 11.7 Å². The largest absolute Gasteiger partial charge is 0.353 e. The van der Waals surface area contributed by atoms with Gasteiger partial charge < -0.3 is 9.88 Å². The van der Waals surface area contributed by atoms with Crippen LogP contribution in [0.25, 0.3) is 0 Å². The number of hydrogen-bond donors (Lipinski definition) is 1. The van der Waals surface area contributed by atoms with Crippen molar-refractivity contribution >= 4 is 17.4 Å². The van der Waals surface area contributed by atoms with Gasteiger partial charge in [-0.2, -0.15) is 0 Å². The van der Waals surface area contributed by atoms with Crippen LogP contribution in [0.15, 0.2) is 36.5 Å². The summed E-state index contributed by atoms with van der Waals surface area (Å²) in [4.78, 5) is 26.1. The van der Waals surface area contributed by atoms with E-state index < -0.39 is 5.82 Å². The number of nitrogens with one attached hydrogen (secondary N) is 1. The van der Waals surface area contributed by atoms with Gasteiger partial charge in [0.05, 0.1) is 5.69 Å². The molecule has 1 N–H and O–H groups in total. The van der Waals surface area contributed by atoms with Crippen LogP contribution in [0.2, 0.25) is 0 Å². The summed E-state index contributed by atoms with van der Waals surface area (Å²) in [6.07, 6.45) is 5.28. The fourth-order valence-electron chi connectivity index (χ4n) is 3.83. The van der Waals surface area contributed by atoms with Crippen molar-refractivity contribution in [1.29, 1.82) is 0 Å². The predicted octanol–water partition coefficient (Wildman–Crippen LogP) is 4.00. The van der Waals surface area contributed by atoms with Crippen LogP contribution >= 0.6 is 0 Å². The number of aryl methyl sites for hydroxylation is 1. The van der Waals surface area contributed by atoms with E-state index in [0.717, 1.165) is 50.2 Å². The summed E-state index contributed by atoms with van der Waals surface area (Å²) in [6, 6.07) is 8.20. The Morgan fingerprint density at radius 3 is 2.79 bits per heavy atom. The molecule has 5 nitrogen and oxygen atoms in total. The van der Waals surface area contributed by atoms with E-state index in [1.54, 1.807) is 25.1 Å². The fourth-order valence-corrected chi connectivity index (χ4v) is 3.83. The van der Waals surface area contributed by atoms with Gasteiger partial charge in [0.2, 0.25) is 5.91 Å². The number of carbonyl (C=O) groups is 2. The van der Waals surface area contributed by atoms with Gasteiger partial charge in [-0.05, 0) is 56.8 Å². The molecule has 28 heavy (non-hydrogen) atoms. The Morgan fingerprint density at radius 1 is 1.29 bits per heavy atom. The number of aromatic nitrogens is 1. The van der Waals surface area contributed by atoms with Gasteiger partial charge in [0.25, 0.3) is 0 Å². The first-order valence-corrected chi connectivity index (χ1v) is 9.85. The molecule has 150 valence electrons. The lowest BCUT2D eigenvalue weighted by Crippen LogP contribution is -2.35. The maximum atomic E-state index is 13.6. The van der Waals surface area contributed by atoms with Crippen molar-refractivity contribution in [1.82, 2.24) is 9.47 Å². The minimum atomic E-state index is -0.410. The number of Topliss-reactive ketones (excluding diaryl/α,β-unsaturated/α-hetero) is 1. The van der Waals surface area contributed by atoms with Crippen molar-refractivity contribution in [2.24, 2.45) is 13.0 Å². The second kappa shape index (κ2) is 9.15. The molecule has 6 heteroatoms. The highest BCUT2D eigenvalue weighted by Gasteiger charge is 2.22. The Labute approximate surface area is 165 Å². The molecule has 1 aliphatic rings. The zero-order chi connectivity index (χ0) is 20.1. The third-order valence-corrected chi connectivity index (χ3v) is 5.43. The van der Waals surface area contributed by atoms with Crippen LogP contribution in [0.5, 0.6) is 0 Å². The Balaban J connectivity index is 1.49. The van der Waals surface area contributed by atoms with Crippen molar-refractivity contribution < 1.29 is 14.0 Å². The first-order chi connectivity index (χ1) is 13.4. The molecular formula is C22H28FN3O2. The number of benzene rings is 1. The molecule has 0 bridgehead atoms. The summed E-state index contributed by atoms with van der Waals surface area (Å²) in [5.41, 5.74) is 2.11. The van der Waals surface area contributed by atoms with Gasteiger partial charge in [0.1, 0.15) is 5.82 Å². The predicted molar refractivity (Wildman–Crippen MR) is 108 cm³/mol. The van der Waals surface area contributed by atoms with E-state index in [4.69, 9.17) is 0 Å². The second-order valence-corrected chi connectivity index (χ2v) is 7.70. The van der Waals surface area contributed by atoms with E-state index >= 15 is 0 Å². The number of halogens is 1. The summed E-state index contributed by atoms with van der Waals surface area (Å²) in [6.45, 7) is 4.36. The lowest BCUT2D eigenvalue weighted by molar-refractivity contribution is -0.116. The van der Waals surface area contributed by atoms with Crippen LogP contribution < -0.4 is 5.32 Å². The van der Waals surface area contributed by atoms with Crippen molar-refractivity contribution in [3.8, 4) is 0 Å². The number of nitrogens with zero attached hydrogens (tertiary/aromatic N) is 2. The van der Waals surface area contributed by atoms with Crippen molar-refractivity contribution in [2.45, 2.75) is 39.2 Å². The molecule has 1 aromatic heterocycles. The molecule has 3 rings (SSSR count). The Morgan fingerprint density at radius 2 is 2.07 bits per heavy atom. The van der Waals surface area contributed by atoms with E-state index in [0.29, 0.717) is 12.3 Å². The normalized spacial score (nSPS) is 17.5. The van der Waals surface area contributed by atoms with Crippen LogP contribution in [0.4, 0.5) is 10.1 Å². The number of amides is 1. The molecule has 0 unspecified atom stereocenters. The van der Waals surface area contributed by atoms with Gasteiger partial charge in [-0.3, -0.25) is 14.5 Å². The highest BCUT2D eigenvalue weighted by Crippen LogP contribution is 2.23. The number of anilines is 1. The number of piperidine rings is 1. The molecule has 1 fully saturated rings. The van der Waals surface area contributed by atoms with Gasteiger partial charge in [0.15, 0.2) is 5.78 Å². The minimum absolute atomic E-state index is 0.0826. The summed E-state index contributed by atoms with van der Waals surface area (Å²) in [5.74, 6) is -0.0187. The van der Waals surface area contributed by atoms with E-state index in [1.807, 2.05) is 23.9 Å². The SMILES string of the molecule is CC(=O)c1cc(CN2CCC[C@H](CCC(=O)Nc3ccccc3F)C2)n(C)c1. The molecule has 1 aromatic carbocycles. The van der Waals surface area contributed by atoms with Crippen LogP contribution in [-0.4, -0.2) is 34.2 Å². The molecule has 2 aromatic rings. The maximum absolute atomic E-state index is 13.6. The van der Waals surface area contributed by atoms with E-state index in [9.17, 15) is 14.0 Å². The zero-order valence-corrected chi connectivity index (χ0v) is 16.6. The highest BCUT2D eigenvalue weighted by molar-refractivity contribution is 5.94. The molecule has 0 spiro atoms. The monoisotopic (exact) mass is 385 g/mol. The Kier molecular flexibility index (Phi) is 6.62. The highest BCUT2D eigenvalue weighted by atomic mass is 19.1. The number of hydrogen-bond acceptors (Lipinski definition) is 3. The van der Waals surface area contributed by atoms with Gasteiger partial charge in [-0.25, -0.2) is 4.39 Å². The second-order valence-electron chi connectivity index (χ2n) is 7.70. The van der Waals surface area contributed by atoms with Crippen molar-refractivity contribution in [3.05, 3.63) is 53.6 Å². The average Bonchev–Trinajstić information content (AvgIpc) is 3.03. The first kappa shape index (κ1) is 20.3. The smallest absolute Gasteiger partial charge is 0.224 e. The molecule has 0 aliphatic carbocycles. The van der Waals surface area contributed by atoms with Crippen molar-refractivity contribution in [3.63, 3.8) is 0 Å². The summed E-state index contributed by atoms with van der Waals surface area (Å²) in [7, 11) is 1.97. The van der Waals surface area contributed by atoms with Crippen molar-refractivity contribution in [2.75, 3.05) is 18.4 Å². The molecule has 1 aliphatic heterocycles. The third kappa shape index (κ3) is 5.29. The topological polar surface area (TPSA) is 54.3 Å². The van der Waals surface area contributed by atoms with Gasteiger partial charge >= 0.3 is 0 Å². The van der Waals surface area contributed by atoms with Crippen LogP contribution in [0.3, 0.4) is 0 Å². The molecule has 0 saturated carbocycles. The number of para-hydroxylation sites is 1. The van der Waals surface area contributed by atoms with E-state index in [-0.39, 0.29) is 17.4 Å². The lowest BCUT2D eigenvalue weighted by Gasteiger charge is -2.32. The van der Waals surface area contributed by atoms with E-state index in [2.05, 4.69) is 10.2 Å². The third-order valence-electron chi connectivity index (χ3n) is 5.43. The molecular weight excluding hydrogens is 357 g/mol. The summed E-state index contributed by atoms with van der Waals surface area (Å²) >= 11 is 0. The quantitative estimate of drug-likeness (QED) is 0.733. The number of ketones is 1. The zero-order valence-electron chi connectivity index (χ0n) is 16.6. The van der Waals surface area contributed by atoms with Gasteiger partial charge in [0, 0.05) is 44.0 Å². The average molecular weight is 385 g/mol. The Bertz CT molecular complexity index is 846. The summed E-state index contributed by atoms with van der Waals surface area (Å²) < 4.78 is 15.7. The van der Waals surface area contributed by atoms with Crippen LogP contribution in [-0.2, 0) is 18.4 Å². The molecule has 1 amide bonds. The number of carbonyl (C=O) groups excluding carboxylic acids is 2. The van der Waals surface area contributed by atoms with Crippen LogP contribution in [0.1, 0.15) is 48.7 Å². The lowest BCUT2D eigenvalue weighted by atomic mass is 9.93. The van der Waals surface area contributed by atoms with E-state index in [1.165, 1.54) is 6.07 Å². The summed E-state index contributed by atoms with van der Waals surface area (Å²) in [5, 5.41) is 2.66. The molecule has 1 saturated heterocycles. The molecule has 1 atom stereocenters. The minimum Gasteiger partial charge on any atom is -0.353 e. The molecule has 2 heterocycles. The fraction of sp³-hybridized carbons (Fsp3) is 0.455. The van der Waals surface area contributed by atoms with Gasteiger partial charge in [-0.15, -0.1) is 0 Å². The standard InChI is InChI=1S/C22H28FN3O2/c1-16(27)18-12-19(25(2)14-18)15-26-11-5-6-17(13-26)9-10-22(28)24-21-8-4-3-7-20(21)23/h3-4,7-8,12,14,17H,5-6,9-11,13,15H2,1-2H3,(H,24,28)/t17-/m1/s1. The van der Waals surface area contributed by atoms with Gasteiger partial charge in [-0.1, -0.05) is 12.1 Å². The number of likely N-dealkylation sites (tertiary alicyclic amines) is 1. The number of rotatable bonds is 7.